The Balaban J connectivity index is 1.81. The average Bonchev–Trinajstić information content (AvgIpc) is 2.77. The minimum atomic E-state index is -0.283. The van der Waals surface area contributed by atoms with E-state index >= 15 is 0 Å². The van der Waals surface area contributed by atoms with Crippen molar-refractivity contribution in [3.63, 3.8) is 0 Å². The number of amides is 2. The van der Waals surface area contributed by atoms with Crippen molar-refractivity contribution < 1.29 is 14.7 Å². The van der Waals surface area contributed by atoms with Gasteiger partial charge in [-0.05, 0) is 48.0 Å². The molecule has 3 rings (SSSR count). The molecule has 0 atom stereocenters. The van der Waals surface area contributed by atoms with E-state index in [9.17, 15) is 14.7 Å². The molecular formula is C18H15NO3S. The first-order chi connectivity index (χ1) is 11.0. The van der Waals surface area contributed by atoms with E-state index in [0.717, 1.165) is 28.5 Å². The van der Waals surface area contributed by atoms with Crippen LogP contribution in [0.2, 0.25) is 0 Å². The van der Waals surface area contributed by atoms with E-state index in [4.69, 9.17) is 0 Å². The number of thioether (sulfide) groups is 1. The van der Waals surface area contributed by atoms with Crippen molar-refractivity contribution in [3.8, 4) is 5.75 Å². The van der Waals surface area contributed by atoms with E-state index in [1.807, 2.05) is 31.2 Å². The number of carbonyl (C=O) groups is 2. The number of hydrogen-bond donors (Lipinski definition) is 1. The third-order valence-electron chi connectivity index (χ3n) is 3.49. The Labute approximate surface area is 138 Å². The summed E-state index contributed by atoms with van der Waals surface area (Å²) in [5, 5.41) is 9.02. The lowest BCUT2D eigenvalue weighted by Crippen LogP contribution is -2.27. The summed E-state index contributed by atoms with van der Waals surface area (Å²) in [7, 11) is 0. The molecule has 2 aromatic carbocycles. The molecule has 0 unspecified atom stereocenters. The second-order valence-corrected chi connectivity index (χ2v) is 6.34. The van der Waals surface area contributed by atoms with Crippen molar-refractivity contribution in [2.45, 2.75) is 13.5 Å². The molecule has 1 N–H and O–H groups in total. The molecule has 5 heteroatoms. The highest BCUT2D eigenvalue weighted by Crippen LogP contribution is 2.33. The molecule has 0 aromatic heterocycles. The fourth-order valence-electron chi connectivity index (χ4n) is 2.35. The van der Waals surface area contributed by atoms with E-state index < -0.39 is 0 Å². The van der Waals surface area contributed by atoms with Crippen molar-refractivity contribution in [2.75, 3.05) is 0 Å². The van der Waals surface area contributed by atoms with Crippen molar-refractivity contribution in [3.05, 3.63) is 70.1 Å². The van der Waals surface area contributed by atoms with Crippen LogP contribution in [0.1, 0.15) is 16.7 Å². The molecule has 0 spiro atoms. The van der Waals surface area contributed by atoms with Gasteiger partial charge in [0.15, 0.2) is 0 Å². The average molecular weight is 325 g/mol. The van der Waals surface area contributed by atoms with Gasteiger partial charge in [0.1, 0.15) is 5.75 Å². The van der Waals surface area contributed by atoms with E-state index in [-0.39, 0.29) is 23.4 Å². The number of benzene rings is 2. The van der Waals surface area contributed by atoms with Crippen molar-refractivity contribution in [2.24, 2.45) is 0 Å². The van der Waals surface area contributed by atoms with E-state index in [1.54, 1.807) is 30.3 Å². The SMILES string of the molecule is Cc1cccc(CN2C(=O)S/C(=C/c3ccc(O)cc3)C2=O)c1. The molecule has 2 amide bonds. The maximum absolute atomic E-state index is 12.4. The molecule has 2 aromatic rings. The van der Waals surface area contributed by atoms with Gasteiger partial charge in [-0.25, -0.2) is 0 Å². The molecule has 1 fully saturated rings. The monoisotopic (exact) mass is 325 g/mol. The summed E-state index contributed by atoms with van der Waals surface area (Å²) in [5.41, 5.74) is 2.79. The summed E-state index contributed by atoms with van der Waals surface area (Å²) in [4.78, 5) is 26.2. The lowest BCUT2D eigenvalue weighted by Gasteiger charge is -2.12. The molecule has 1 heterocycles. The van der Waals surface area contributed by atoms with Gasteiger partial charge in [-0.15, -0.1) is 0 Å². The Kier molecular flexibility index (Phi) is 4.21. The van der Waals surface area contributed by atoms with Crippen LogP contribution in [0, 0.1) is 6.92 Å². The number of imide groups is 1. The molecule has 23 heavy (non-hydrogen) atoms. The molecule has 0 aliphatic carbocycles. The molecule has 0 saturated carbocycles. The van der Waals surface area contributed by atoms with Crippen molar-refractivity contribution >= 4 is 29.0 Å². The molecule has 1 aliphatic heterocycles. The van der Waals surface area contributed by atoms with Crippen LogP contribution >= 0.6 is 11.8 Å². The summed E-state index contributed by atoms with van der Waals surface area (Å²) >= 11 is 0.940. The standard InChI is InChI=1S/C18H15NO3S/c1-12-3-2-4-14(9-12)11-19-17(21)16(23-18(19)22)10-13-5-7-15(20)8-6-13/h2-10,20H,11H2,1H3/b16-10+. The van der Waals surface area contributed by atoms with Gasteiger partial charge in [-0.3, -0.25) is 14.5 Å². The third-order valence-corrected chi connectivity index (χ3v) is 4.40. The van der Waals surface area contributed by atoms with Gasteiger partial charge in [0, 0.05) is 0 Å². The van der Waals surface area contributed by atoms with Crippen LogP contribution in [0.5, 0.6) is 5.75 Å². The second kappa shape index (κ2) is 6.30. The molecule has 4 nitrogen and oxygen atoms in total. The lowest BCUT2D eigenvalue weighted by atomic mass is 10.1. The van der Waals surface area contributed by atoms with Gasteiger partial charge in [0.2, 0.25) is 0 Å². The summed E-state index contributed by atoms with van der Waals surface area (Å²) in [5.74, 6) is -0.121. The summed E-state index contributed by atoms with van der Waals surface area (Å²) in [6.45, 7) is 2.25. The number of aryl methyl sites for hydroxylation is 1. The van der Waals surface area contributed by atoms with Crippen LogP contribution in [0.3, 0.4) is 0 Å². The van der Waals surface area contributed by atoms with Crippen LogP contribution in [0.4, 0.5) is 4.79 Å². The Bertz CT molecular complexity index is 796. The minimum absolute atomic E-state index is 0.162. The Hall–Kier alpha value is -2.53. The van der Waals surface area contributed by atoms with Gasteiger partial charge in [0.05, 0.1) is 11.4 Å². The van der Waals surface area contributed by atoms with Crippen LogP contribution in [-0.2, 0) is 11.3 Å². The van der Waals surface area contributed by atoms with Gasteiger partial charge in [0.25, 0.3) is 11.1 Å². The number of phenolic OH excluding ortho intramolecular Hbond substituents is 1. The first-order valence-corrected chi connectivity index (χ1v) is 7.94. The highest BCUT2D eigenvalue weighted by Gasteiger charge is 2.34. The number of aromatic hydroxyl groups is 1. The molecular weight excluding hydrogens is 310 g/mol. The van der Waals surface area contributed by atoms with Crippen molar-refractivity contribution in [1.29, 1.82) is 0 Å². The minimum Gasteiger partial charge on any atom is -0.508 e. The predicted octanol–water partition coefficient (Wildman–Crippen LogP) is 3.94. The van der Waals surface area contributed by atoms with Crippen LogP contribution in [0.15, 0.2) is 53.4 Å². The molecule has 0 radical (unpaired) electrons. The molecule has 1 aliphatic rings. The number of carbonyl (C=O) groups excluding carboxylic acids is 2. The van der Waals surface area contributed by atoms with Crippen LogP contribution in [-0.4, -0.2) is 21.2 Å². The zero-order valence-corrected chi connectivity index (χ0v) is 13.3. The second-order valence-electron chi connectivity index (χ2n) is 5.35. The smallest absolute Gasteiger partial charge is 0.293 e. The Morgan fingerprint density at radius 2 is 1.87 bits per heavy atom. The van der Waals surface area contributed by atoms with Crippen LogP contribution < -0.4 is 0 Å². The van der Waals surface area contributed by atoms with Gasteiger partial charge in [-0.2, -0.15) is 0 Å². The maximum Gasteiger partial charge on any atom is 0.293 e. The topological polar surface area (TPSA) is 57.6 Å². The van der Waals surface area contributed by atoms with E-state index in [2.05, 4.69) is 0 Å². The largest absolute Gasteiger partial charge is 0.508 e. The summed E-state index contributed by atoms with van der Waals surface area (Å²) in [6.07, 6.45) is 1.67. The first-order valence-electron chi connectivity index (χ1n) is 7.13. The highest BCUT2D eigenvalue weighted by molar-refractivity contribution is 8.18. The van der Waals surface area contributed by atoms with Gasteiger partial charge < -0.3 is 5.11 Å². The summed E-state index contributed by atoms with van der Waals surface area (Å²) < 4.78 is 0. The third kappa shape index (κ3) is 3.46. The van der Waals surface area contributed by atoms with Crippen molar-refractivity contribution in [1.82, 2.24) is 4.90 Å². The first kappa shape index (κ1) is 15.4. The maximum atomic E-state index is 12.4. The quantitative estimate of drug-likeness (QED) is 0.869. The van der Waals surface area contributed by atoms with E-state index in [1.165, 1.54) is 4.90 Å². The molecule has 0 bridgehead atoms. The number of hydrogen-bond acceptors (Lipinski definition) is 4. The van der Waals surface area contributed by atoms with E-state index in [0.29, 0.717) is 4.91 Å². The Morgan fingerprint density at radius 1 is 1.13 bits per heavy atom. The number of rotatable bonds is 3. The zero-order valence-electron chi connectivity index (χ0n) is 12.5. The Morgan fingerprint density at radius 3 is 2.57 bits per heavy atom. The molecule has 116 valence electrons. The predicted molar refractivity (Wildman–Crippen MR) is 90.8 cm³/mol. The lowest BCUT2D eigenvalue weighted by molar-refractivity contribution is -0.123. The normalized spacial score (nSPS) is 16.4. The zero-order chi connectivity index (χ0) is 16.4. The van der Waals surface area contributed by atoms with Gasteiger partial charge >= 0.3 is 0 Å². The molecule has 1 saturated heterocycles. The number of nitrogens with zero attached hydrogens (tertiary/aromatic N) is 1. The van der Waals surface area contributed by atoms with Crippen LogP contribution in [0.25, 0.3) is 6.08 Å². The fraction of sp³-hybridized carbons (Fsp3) is 0.111. The highest BCUT2D eigenvalue weighted by atomic mass is 32.2. The number of phenols is 1. The summed E-state index contributed by atoms with van der Waals surface area (Å²) in [6, 6.07) is 14.2. The van der Waals surface area contributed by atoms with Gasteiger partial charge in [-0.1, -0.05) is 42.0 Å². The fourth-order valence-corrected chi connectivity index (χ4v) is 3.19.